The zero-order valence-electron chi connectivity index (χ0n) is 15.0. The van der Waals surface area contributed by atoms with Gasteiger partial charge in [-0.3, -0.25) is 4.79 Å². The van der Waals surface area contributed by atoms with E-state index in [1.165, 1.54) is 24.0 Å². The third kappa shape index (κ3) is 4.75. The van der Waals surface area contributed by atoms with Crippen LogP contribution in [0.3, 0.4) is 0 Å². The van der Waals surface area contributed by atoms with E-state index in [1.807, 2.05) is 6.07 Å². The van der Waals surface area contributed by atoms with Crippen LogP contribution in [0.15, 0.2) is 18.2 Å². The van der Waals surface area contributed by atoms with Crippen molar-refractivity contribution in [2.75, 3.05) is 19.6 Å². The van der Waals surface area contributed by atoms with E-state index in [0.29, 0.717) is 18.5 Å². The predicted octanol–water partition coefficient (Wildman–Crippen LogP) is 3.57. The number of rotatable bonds is 7. The summed E-state index contributed by atoms with van der Waals surface area (Å²) < 4.78 is 0. The molecule has 0 radical (unpaired) electrons. The highest BCUT2D eigenvalue weighted by molar-refractivity contribution is 6.30. The number of aliphatic carboxylic acids is 1. The van der Waals surface area contributed by atoms with Crippen molar-refractivity contribution in [3.63, 3.8) is 0 Å². The predicted molar refractivity (Wildman–Crippen MR) is 101 cm³/mol. The molecule has 3 rings (SSSR count). The largest absolute Gasteiger partial charge is 0.481 e. The molecule has 1 fully saturated rings. The molecule has 4 nitrogen and oxygen atoms in total. The molecule has 2 aliphatic rings. The molecule has 0 saturated carbocycles. The monoisotopic (exact) mass is 364 g/mol. The Hall–Kier alpha value is -1.10. The van der Waals surface area contributed by atoms with E-state index in [0.717, 1.165) is 43.9 Å². The lowest BCUT2D eigenvalue weighted by molar-refractivity contribution is -0.142. The number of unbranched alkanes of at least 4 members (excludes halogenated alkanes) is 2. The highest BCUT2D eigenvalue weighted by atomic mass is 35.5. The molecule has 1 aromatic carbocycles. The molecule has 5 heteroatoms. The Labute approximate surface area is 155 Å². The van der Waals surface area contributed by atoms with Crippen LogP contribution in [-0.4, -0.2) is 41.7 Å². The van der Waals surface area contributed by atoms with Crippen molar-refractivity contribution >= 4 is 17.6 Å². The smallest absolute Gasteiger partial charge is 0.308 e. The van der Waals surface area contributed by atoms with Gasteiger partial charge in [-0.05, 0) is 42.0 Å². The standard InChI is InChI=1S/C20H29ClN2O2/c1-2-3-4-5-15-11-23(13-19(15)20(24)25)12-18-9-16-8-17(21)7-6-14(16)10-22-18/h6-8,15,18-19,22H,2-5,9-13H2,1H3,(H,24,25). The minimum Gasteiger partial charge on any atom is -0.481 e. The van der Waals surface area contributed by atoms with Crippen molar-refractivity contribution < 1.29 is 9.90 Å². The number of fused-ring (bicyclic) bond motifs is 1. The van der Waals surface area contributed by atoms with E-state index in [-0.39, 0.29) is 5.92 Å². The number of nitrogens with zero attached hydrogens (tertiary/aromatic N) is 1. The van der Waals surface area contributed by atoms with Crippen LogP contribution in [0.2, 0.25) is 5.02 Å². The van der Waals surface area contributed by atoms with Gasteiger partial charge in [0, 0.05) is 37.2 Å². The lowest BCUT2D eigenvalue weighted by atomic mass is 9.91. The first-order valence-electron chi connectivity index (χ1n) is 9.52. The molecule has 3 unspecified atom stereocenters. The maximum absolute atomic E-state index is 11.6. The molecular weight excluding hydrogens is 336 g/mol. The number of carbonyl (C=O) groups is 1. The third-order valence-corrected chi connectivity index (χ3v) is 5.94. The van der Waals surface area contributed by atoms with Gasteiger partial charge in [0.1, 0.15) is 0 Å². The van der Waals surface area contributed by atoms with Gasteiger partial charge in [0.15, 0.2) is 0 Å². The summed E-state index contributed by atoms with van der Waals surface area (Å²) in [5, 5.41) is 14.0. The minimum absolute atomic E-state index is 0.206. The van der Waals surface area contributed by atoms with Crippen LogP contribution in [0.25, 0.3) is 0 Å². The van der Waals surface area contributed by atoms with Crippen LogP contribution in [-0.2, 0) is 17.8 Å². The average Bonchev–Trinajstić information content (AvgIpc) is 2.98. The first kappa shape index (κ1) is 18.7. The molecule has 0 spiro atoms. The van der Waals surface area contributed by atoms with E-state index in [9.17, 15) is 9.90 Å². The quantitative estimate of drug-likeness (QED) is 0.726. The van der Waals surface area contributed by atoms with E-state index in [1.54, 1.807) is 0 Å². The van der Waals surface area contributed by atoms with Crippen LogP contribution < -0.4 is 5.32 Å². The number of benzene rings is 1. The molecule has 3 atom stereocenters. The van der Waals surface area contributed by atoms with Gasteiger partial charge < -0.3 is 15.3 Å². The zero-order chi connectivity index (χ0) is 17.8. The number of hydrogen-bond donors (Lipinski definition) is 2. The Bertz CT molecular complexity index is 607. The lowest BCUT2D eigenvalue weighted by Crippen LogP contribution is -2.44. The van der Waals surface area contributed by atoms with Crippen molar-refractivity contribution in [1.82, 2.24) is 10.2 Å². The van der Waals surface area contributed by atoms with Gasteiger partial charge in [0.2, 0.25) is 0 Å². The fourth-order valence-corrected chi connectivity index (χ4v) is 4.52. The van der Waals surface area contributed by atoms with Gasteiger partial charge in [-0.1, -0.05) is 43.9 Å². The number of carboxylic acids is 1. The Kier molecular flexibility index (Phi) is 6.37. The van der Waals surface area contributed by atoms with Gasteiger partial charge in [0.05, 0.1) is 5.92 Å². The second-order valence-corrected chi connectivity index (χ2v) is 8.05. The summed E-state index contributed by atoms with van der Waals surface area (Å²) in [4.78, 5) is 14.0. The summed E-state index contributed by atoms with van der Waals surface area (Å²) in [7, 11) is 0. The summed E-state index contributed by atoms with van der Waals surface area (Å²) in [5.74, 6) is -0.533. The van der Waals surface area contributed by atoms with Crippen molar-refractivity contribution in [1.29, 1.82) is 0 Å². The number of halogens is 1. The fourth-order valence-electron chi connectivity index (χ4n) is 4.33. The van der Waals surface area contributed by atoms with E-state index in [4.69, 9.17) is 11.6 Å². The highest BCUT2D eigenvalue weighted by Gasteiger charge is 2.37. The number of carboxylic acid groups (broad SMARTS) is 1. The maximum Gasteiger partial charge on any atom is 0.308 e. The van der Waals surface area contributed by atoms with Gasteiger partial charge in [-0.25, -0.2) is 0 Å². The van der Waals surface area contributed by atoms with Gasteiger partial charge in [-0.15, -0.1) is 0 Å². The molecule has 0 bridgehead atoms. The normalized spacial score (nSPS) is 26.6. The van der Waals surface area contributed by atoms with Crippen molar-refractivity contribution in [2.45, 2.75) is 51.6 Å². The van der Waals surface area contributed by atoms with Crippen molar-refractivity contribution in [3.8, 4) is 0 Å². The Morgan fingerprint density at radius 3 is 2.92 bits per heavy atom. The second kappa shape index (κ2) is 8.52. The topological polar surface area (TPSA) is 52.6 Å². The zero-order valence-corrected chi connectivity index (χ0v) is 15.8. The van der Waals surface area contributed by atoms with Gasteiger partial charge >= 0.3 is 5.97 Å². The summed E-state index contributed by atoms with van der Waals surface area (Å²) in [6.07, 6.45) is 5.53. The van der Waals surface area contributed by atoms with Crippen LogP contribution in [0, 0.1) is 11.8 Å². The first-order chi connectivity index (χ1) is 12.1. The highest BCUT2D eigenvalue weighted by Crippen LogP contribution is 2.29. The second-order valence-electron chi connectivity index (χ2n) is 7.61. The molecule has 25 heavy (non-hydrogen) atoms. The van der Waals surface area contributed by atoms with Gasteiger partial charge in [0.25, 0.3) is 0 Å². The maximum atomic E-state index is 11.6. The van der Waals surface area contributed by atoms with Crippen LogP contribution >= 0.6 is 11.6 Å². The minimum atomic E-state index is -0.627. The van der Waals surface area contributed by atoms with E-state index < -0.39 is 5.97 Å². The molecule has 138 valence electrons. The Morgan fingerprint density at radius 1 is 1.32 bits per heavy atom. The molecule has 2 N–H and O–H groups in total. The van der Waals surface area contributed by atoms with E-state index >= 15 is 0 Å². The van der Waals surface area contributed by atoms with Gasteiger partial charge in [-0.2, -0.15) is 0 Å². The molecule has 1 saturated heterocycles. The lowest BCUT2D eigenvalue weighted by Gasteiger charge is -2.30. The Morgan fingerprint density at radius 2 is 2.16 bits per heavy atom. The molecule has 0 amide bonds. The van der Waals surface area contributed by atoms with Crippen LogP contribution in [0.1, 0.15) is 43.7 Å². The first-order valence-corrected chi connectivity index (χ1v) is 9.90. The molecular formula is C20H29ClN2O2. The SMILES string of the molecule is CCCCCC1CN(CC2Cc3cc(Cl)ccc3CN2)CC1C(=O)O. The van der Waals surface area contributed by atoms with Crippen molar-refractivity contribution in [3.05, 3.63) is 34.3 Å². The number of likely N-dealkylation sites (tertiary alicyclic amines) is 1. The fraction of sp³-hybridized carbons (Fsp3) is 0.650. The molecule has 0 aliphatic carbocycles. The Balaban J connectivity index is 1.57. The van der Waals surface area contributed by atoms with Crippen LogP contribution in [0.5, 0.6) is 0 Å². The molecule has 0 aromatic heterocycles. The van der Waals surface area contributed by atoms with Crippen LogP contribution in [0.4, 0.5) is 0 Å². The summed E-state index contributed by atoms with van der Waals surface area (Å²) in [5.41, 5.74) is 2.65. The average molecular weight is 365 g/mol. The van der Waals surface area contributed by atoms with Crippen molar-refractivity contribution in [2.24, 2.45) is 11.8 Å². The molecule has 2 aliphatic heterocycles. The summed E-state index contributed by atoms with van der Waals surface area (Å²) in [6.45, 7) is 5.58. The summed E-state index contributed by atoms with van der Waals surface area (Å²) >= 11 is 6.13. The molecule has 1 aromatic rings. The number of hydrogen-bond acceptors (Lipinski definition) is 3. The third-order valence-electron chi connectivity index (χ3n) is 5.71. The van der Waals surface area contributed by atoms with E-state index in [2.05, 4.69) is 29.3 Å². The summed E-state index contributed by atoms with van der Waals surface area (Å²) in [6, 6.07) is 6.49. The molecule has 2 heterocycles. The number of nitrogens with one attached hydrogen (secondary N) is 1.